The molecule has 1 amide bonds. The van der Waals surface area contributed by atoms with Gasteiger partial charge in [0.15, 0.2) is 5.17 Å². The number of rotatable bonds is 1. The molecular weight excluding hydrogens is 292 g/mol. The van der Waals surface area contributed by atoms with Gasteiger partial charge in [0.05, 0.1) is 16.7 Å². The lowest BCUT2D eigenvalue weighted by Crippen LogP contribution is -2.29. The van der Waals surface area contributed by atoms with Gasteiger partial charge in [-0.2, -0.15) is 5.10 Å². The molecule has 0 spiro atoms. The monoisotopic (exact) mass is 302 g/mol. The summed E-state index contributed by atoms with van der Waals surface area (Å²) in [6, 6.07) is 0. The molecule has 86 valence electrons. The number of amidine groups is 1. The van der Waals surface area contributed by atoms with Gasteiger partial charge in [-0.05, 0) is 22.9 Å². The van der Waals surface area contributed by atoms with Crippen LogP contribution in [-0.2, 0) is 7.05 Å². The van der Waals surface area contributed by atoms with Crippen molar-refractivity contribution in [2.45, 2.75) is 6.92 Å². The molecule has 0 aromatic carbocycles. The van der Waals surface area contributed by atoms with Crippen molar-refractivity contribution >= 4 is 38.8 Å². The number of carbonyl (C=O) groups excluding carboxylic acids is 1. The highest BCUT2D eigenvalue weighted by Crippen LogP contribution is 2.20. The summed E-state index contributed by atoms with van der Waals surface area (Å²) in [5, 5.41) is 7.63. The van der Waals surface area contributed by atoms with Crippen molar-refractivity contribution in [3.8, 4) is 0 Å². The fourth-order valence-corrected chi connectivity index (χ4v) is 2.69. The molecule has 0 aliphatic carbocycles. The molecule has 1 aliphatic rings. The highest BCUT2D eigenvalue weighted by Gasteiger charge is 2.20. The molecule has 0 fully saturated rings. The van der Waals surface area contributed by atoms with E-state index in [1.54, 1.807) is 23.5 Å². The van der Waals surface area contributed by atoms with Gasteiger partial charge in [-0.3, -0.25) is 19.8 Å². The first kappa shape index (κ1) is 11.7. The minimum atomic E-state index is -0.178. The van der Waals surface area contributed by atoms with Crippen LogP contribution in [0.1, 0.15) is 16.2 Å². The van der Waals surface area contributed by atoms with Gasteiger partial charge in [-0.1, -0.05) is 11.8 Å². The molecule has 2 heterocycles. The maximum atomic E-state index is 12.0. The molecule has 1 aliphatic heterocycles. The van der Waals surface area contributed by atoms with Crippen LogP contribution in [0.5, 0.6) is 0 Å². The van der Waals surface area contributed by atoms with Gasteiger partial charge >= 0.3 is 0 Å². The third-order valence-electron chi connectivity index (χ3n) is 2.17. The number of hydrogen-bond donors (Lipinski definition) is 1. The van der Waals surface area contributed by atoms with Gasteiger partial charge in [0.2, 0.25) is 0 Å². The molecule has 1 aromatic rings. The van der Waals surface area contributed by atoms with E-state index in [9.17, 15) is 4.79 Å². The predicted molar refractivity (Wildman–Crippen MR) is 67.9 cm³/mol. The van der Waals surface area contributed by atoms with Crippen LogP contribution >= 0.6 is 27.7 Å². The van der Waals surface area contributed by atoms with E-state index in [0.29, 0.717) is 10.9 Å². The molecule has 0 unspecified atom stereocenters. The number of carbonyl (C=O) groups is 1. The maximum absolute atomic E-state index is 12.0. The van der Waals surface area contributed by atoms with Crippen molar-refractivity contribution in [1.29, 1.82) is 0 Å². The highest BCUT2D eigenvalue weighted by atomic mass is 79.9. The minimum Gasteiger partial charge on any atom is -0.300 e. The summed E-state index contributed by atoms with van der Waals surface area (Å²) in [4.78, 5) is 16.1. The maximum Gasteiger partial charge on any atom is 0.276 e. The first-order chi connectivity index (χ1) is 7.59. The number of nitrogens with one attached hydrogen (secondary N) is 1. The molecule has 0 saturated heterocycles. The average Bonchev–Trinajstić information content (AvgIpc) is 2.77. The molecule has 0 saturated carbocycles. The van der Waals surface area contributed by atoms with Gasteiger partial charge in [-0.25, -0.2) is 0 Å². The fraction of sp³-hybridized carbons (Fsp3) is 0.444. The van der Waals surface area contributed by atoms with Crippen molar-refractivity contribution in [3.63, 3.8) is 0 Å². The van der Waals surface area contributed by atoms with E-state index >= 15 is 0 Å². The van der Waals surface area contributed by atoms with Gasteiger partial charge in [0.25, 0.3) is 5.91 Å². The quantitative estimate of drug-likeness (QED) is 0.851. The number of thioether (sulfide) groups is 1. The van der Waals surface area contributed by atoms with Crippen LogP contribution in [0.15, 0.2) is 9.47 Å². The fourth-order valence-electron chi connectivity index (χ4n) is 1.45. The molecule has 16 heavy (non-hydrogen) atoms. The number of aliphatic imine (C=N–C) groups is 1. The van der Waals surface area contributed by atoms with E-state index in [1.807, 2.05) is 6.92 Å². The second-order valence-corrected chi connectivity index (χ2v) is 5.24. The normalized spacial score (nSPS) is 15.1. The molecule has 0 bridgehead atoms. The third-order valence-corrected chi connectivity index (χ3v) is 4.01. The molecule has 0 atom stereocenters. The largest absolute Gasteiger partial charge is 0.300 e. The lowest BCUT2D eigenvalue weighted by Gasteiger charge is -2.04. The van der Waals surface area contributed by atoms with E-state index in [-0.39, 0.29) is 5.91 Å². The Balaban J connectivity index is 2.20. The Hall–Kier alpha value is -0.820. The second-order valence-electron chi connectivity index (χ2n) is 3.36. The van der Waals surface area contributed by atoms with Crippen LogP contribution < -0.4 is 5.32 Å². The highest BCUT2D eigenvalue weighted by molar-refractivity contribution is 9.10. The summed E-state index contributed by atoms with van der Waals surface area (Å²) in [5.74, 6) is 0.754. The summed E-state index contributed by atoms with van der Waals surface area (Å²) in [7, 11) is 1.75. The Labute approximate surface area is 106 Å². The first-order valence-electron chi connectivity index (χ1n) is 4.77. The predicted octanol–water partition coefficient (Wildman–Crippen LogP) is 1.32. The molecule has 1 aromatic heterocycles. The van der Waals surface area contributed by atoms with Crippen LogP contribution in [0.2, 0.25) is 0 Å². The summed E-state index contributed by atoms with van der Waals surface area (Å²) >= 11 is 4.92. The Morgan fingerprint density at radius 1 is 1.62 bits per heavy atom. The lowest BCUT2D eigenvalue weighted by atomic mass is 10.3. The molecule has 2 rings (SSSR count). The number of hydrogen-bond acceptors (Lipinski definition) is 4. The Morgan fingerprint density at radius 3 is 2.88 bits per heavy atom. The molecule has 1 N–H and O–H groups in total. The van der Waals surface area contributed by atoms with Crippen molar-refractivity contribution in [3.05, 3.63) is 15.9 Å². The summed E-state index contributed by atoms with van der Waals surface area (Å²) in [6.07, 6.45) is 0. The van der Waals surface area contributed by atoms with Crippen molar-refractivity contribution in [1.82, 2.24) is 15.1 Å². The number of amides is 1. The van der Waals surface area contributed by atoms with E-state index < -0.39 is 0 Å². The molecule has 5 nitrogen and oxygen atoms in total. The van der Waals surface area contributed by atoms with Gasteiger partial charge in [0.1, 0.15) is 5.69 Å². The molecular formula is C9H11BrN4OS. The van der Waals surface area contributed by atoms with Crippen LogP contribution in [-0.4, -0.2) is 33.2 Å². The molecule has 7 heteroatoms. The van der Waals surface area contributed by atoms with Gasteiger partial charge in [0, 0.05) is 12.8 Å². The van der Waals surface area contributed by atoms with E-state index in [0.717, 1.165) is 22.5 Å². The van der Waals surface area contributed by atoms with Crippen molar-refractivity contribution in [2.75, 3.05) is 12.3 Å². The summed E-state index contributed by atoms with van der Waals surface area (Å²) < 4.78 is 2.30. The zero-order chi connectivity index (χ0) is 11.7. The SMILES string of the molecule is Cc1nn(C)c(C(=O)NC2=NCCS2)c1Br. The van der Waals surface area contributed by atoms with Crippen molar-refractivity contribution < 1.29 is 4.79 Å². The summed E-state index contributed by atoms with van der Waals surface area (Å²) in [5.41, 5.74) is 1.32. The number of nitrogens with zero attached hydrogens (tertiary/aromatic N) is 3. The van der Waals surface area contributed by atoms with Crippen LogP contribution in [0.4, 0.5) is 0 Å². The third kappa shape index (κ3) is 2.15. The van der Waals surface area contributed by atoms with Crippen LogP contribution in [0, 0.1) is 6.92 Å². The average molecular weight is 303 g/mol. The molecule has 0 radical (unpaired) electrons. The van der Waals surface area contributed by atoms with E-state index in [4.69, 9.17) is 0 Å². The lowest BCUT2D eigenvalue weighted by molar-refractivity contribution is 0.0968. The first-order valence-corrected chi connectivity index (χ1v) is 6.55. The van der Waals surface area contributed by atoms with E-state index in [2.05, 4.69) is 31.3 Å². The van der Waals surface area contributed by atoms with Crippen LogP contribution in [0.3, 0.4) is 0 Å². The zero-order valence-corrected chi connectivity index (χ0v) is 11.4. The van der Waals surface area contributed by atoms with E-state index in [1.165, 1.54) is 0 Å². The minimum absolute atomic E-state index is 0.178. The number of aromatic nitrogens is 2. The number of aryl methyl sites for hydroxylation is 2. The Kier molecular flexibility index (Phi) is 3.34. The van der Waals surface area contributed by atoms with Gasteiger partial charge in [-0.15, -0.1) is 0 Å². The summed E-state index contributed by atoms with van der Waals surface area (Å²) in [6.45, 7) is 2.62. The smallest absolute Gasteiger partial charge is 0.276 e. The number of halogens is 1. The van der Waals surface area contributed by atoms with Crippen molar-refractivity contribution in [2.24, 2.45) is 12.0 Å². The zero-order valence-electron chi connectivity index (χ0n) is 8.95. The second kappa shape index (κ2) is 4.58. The standard InChI is InChI=1S/C9H11BrN4OS/c1-5-6(10)7(14(2)13-5)8(15)12-9-11-3-4-16-9/h3-4H2,1-2H3,(H,11,12,15). The van der Waals surface area contributed by atoms with Crippen LogP contribution in [0.25, 0.3) is 0 Å². The Bertz CT molecular complexity index is 468. The van der Waals surface area contributed by atoms with Gasteiger partial charge < -0.3 is 0 Å². The topological polar surface area (TPSA) is 59.3 Å². The Morgan fingerprint density at radius 2 is 2.38 bits per heavy atom.